The third-order valence-electron chi connectivity index (χ3n) is 5.10. The fourth-order valence-corrected chi connectivity index (χ4v) is 3.13. The third-order valence-corrected chi connectivity index (χ3v) is 5.10. The molecule has 1 saturated carbocycles. The summed E-state index contributed by atoms with van der Waals surface area (Å²) in [5.41, 5.74) is 2.95. The standard InChI is InChI=1S/C24H32N4O2/c1-25-24(26-14-13-18-7-6-9-20(15-18)23(29)28(2)3)27-16-21-8-4-5-10-22(21)30-17-19-11-12-19/h4-10,15,19H,11-14,16-17H2,1-3H3,(H2,25,26,27). The van der Waals surface area contributed by atoms with Crippen LogP contribution < -0.4 is 15.4 Å². The molecule has 0 bridgehead atoms. The van der Waals surface area contributed by atoms with Gasteiger partial charge in [-0.2, -0.15) is 0 Å². The predicted octanol–water partition coefficient (Wildman–Crippen LogP) is 3.08. The molecule has 0 spiro atoms. The first-order valence-corrected chi connectivity index (χ1v) is 10.5. The number of benzene rings is 2. The molecule has 6 nitrogen and oxygen atoms in total. The van der Waals surface area contributed by atoms with Crippen LogP contribution in [0, 0.1) is 5.92 Å². The second-order valence-electron chi connectivity index (χ2n) is 7.86. The van der Waals surface area contributed by atoms with Crippen LogP contribution in [0.4, 0.5) is 0 Å². The van der Waals surface area contributed by atoms with E-state index in [9.17, 15) is 4.79 Å². The Morgan fingerprint density at radius 3 is 2.67 bits per heavy atom. The van der Waals surface area contributed by atoms with Crippen LogP contribution in [0.15, 0.2) is 53.5 Å². The molecular formula is C24H32N4O2. The molecule has 2 N–H and O–H groups in total. The highest BCUT2D eigenvalue weighted by Gasteiger charge is 2.22. The van der Waals surface area contributed by atoms with Gasteiger partial charge >= 0.3 is 0 Å². The Balaban J connectivity index is 1.48. The van der Waals surface area contributed by atoms with Gasteiger partial charge in [0.1, 0.15) is 5.75 Å². The lowest BCUT2D eigenvalue weighted by Gasteiger charge is -2.15. The number of ether oxygens (including phenoxy) is 1. The van der Waals surface area contributed by atoms with Crippen molar-refractivity contribution in [1.82, 2.24) is 15.5 Å². The number of aliphatic imine (C=N–C) groups is 1. The molecule has 1 aliphatic rings. The fraction of sp³-hybridized carbons (Fsp3) is 0.417. The molecule has 0 radical (unpaired) electrons. The number of carbonyl (C=O) groups is 1. The largest absolute Gasteiger partial charge is 0.493 e. The average molecular weight is 409 g/mol. The minimum atomic E-state index is 0.0184. The van der Waals surface area contributed by atoms with Crippen LogP contribution in [-0.4, -0.2) is 51.1 Å². The van der Waals surface area contributed by atoms with Crippen molar-refractivity contribution in [3.05, 3.63) is 65.2 Å². The zero-order valence-electron chi connectivity index (χ0n) is 18.1. The number of para-hydroxylation sites is 1. The van der Waals surface area contributed by atoms with Gasteiger partial charge in [-0.15, -0.1) is 0 Å². The van der Waals surface area contributed by atoms with E-state index in [2.05, 4.69) is 21.7 Å². The Morgan fingerprint density at radius 1 is 1.13 bits per heavy atom. The van der Waals surface area contributed by atoms with Crippen LogP contribution in [0.5, 0.6) is 5.75 Å². The molecule has 0 heterocycles. The van der Waals surface area contributed by atoms with Crippen molar-refractivity contribution in [2.45, 2.75) is 25.8 Å². The normalized spacial score (nSPS) is 13.6. The fourth-order valence-electron chi connectivity index (χ4n) is 3.13. The van der Waals surface area contributed by atoms with Gasteiger partial charge in [-0.05, 0) is 48.9 Å². The highest BCUT2D eigenvalue weighted by molar-refractivity contribution is 5.94. The van der Waals surface area contributed by atoms with E-state index in [1.807, 2.05) is 42.5 Å². The lowest BCUT2D eigenvalue weighted by molar-refractivity contribution is 0.0827. The molecule has 160 valence electrons. The van der Waals surface area contributed by atoms with Crippen LogP contribution >= 0.6 is 0 Å². The Labute approximate surface area is 179 Å². The highest BCUT2D eigenvalue weighted by Crippen LogP contribution is 2.30. The molecule has 2 aromatic carbocycles. The molecule has 1 amide bonds. The number of carbonyl (C=O) groups excluding carboxylic acids is 1. The number of hydrogen-bond acceptors (Lipinski definition) is 3. The van der Waals surface area contributed by atoms with Gasteiger partial charge in [-0.3, -0.25) is 9.79 Å². The smallest absolute Gasteiger partial charge is 0.253 e. The van der Waals surface area contributed by atoms with Crippen LogP contribution in [0.1, 0.15) is 34.3 Å². The summed E-state index contributed by atoms with van der Waals surface area (Å²) in [5, 5.41) is 6.70. The van der Waals surface area contributed by atoms with Crippen LogP contribution in [0.2, 0.25) is 0 Å². The lowest BCUT2D eigenvalue weighted by atomic mass is 10.1. The minimum Gasteiger partial charge on any atom is -0.493 e. The summed E-state index contributed by atoms with van der Waals surface area (Å²) in [4.78, 5) is 18.0. The number of hydrogen-bond donors (Lipinski definition) is 2. The average Bonchev–Trinajstić information content (AvgIpc) is 3.59. The van der Waals surface area contributed by atoms with E-state index >= 15 is 0 Å². The van der Waals surface area contributed by atoms with E-state index in [4.69, 9.17) is 4.74 Å². The molecule has 1 fully saturated rings. The van der Waals surface area contributed by atoms with Gasteiger partial charge in [-0.1, -0.05) is 30.3 Å². The third kappa shape index (κ3) is 6.51. The minimum absolute atomic E-state index is 0.0184. The molecule has 0 atom stereocenters. The number of guanidine groups is 1. The molecular weight excluding hydrogens is 376 g/mol. The number of amides is 1. The van der Waals surface area contributed by atoms with E-state index in [-0.39, 0.29) is 5.91 Å². The van der Waals surface area contributed by atoms with Crippen LogP contribution in [0.3, 0.4) is 0 Å². The Bertz CT molecular complexity index is 875. The van der Waals surface area contributed by atoms with Crippen molar-refractivity contribution >= 4 is 11.9 Å². The zero-order valence-corrected chi connectivity index (χ0v) is 18.1. The molecule has 1 aliphatic carbocycles. The van der Waals surface area contributed by atoms with Crippen LogP contribution in [0.25, 0.3) is 0 Å². The molecule has 0 saturated heterocycles. The Kier molecular flexibility index (Phi) is 7.71. The van der Waals surface area contributed by atoms with E-state index in [1.54, 1.807) is 26.0 Å². The molecule has 0 unspecified atom stereocenters. The first-order chi connectivity index (χ1) is 14.6. The topological polar surface area (TPSA) is 66.0 Å². The van der Waals surface area contributed by atoms with Gasteiger partial charge < -0.3 is 20.3 Å². The van der Waals surface area contributed by atoms with Crippen molar-refractivity contribution < 1.29 is 9.53 Å². The van der Waals surface area contributed by atoms with Crippen LogP contribution in [-0.2, 0) is 13.0 Å². The summed E-state index contributed by atoms with van der Waals surface area (Å²) in [6, 6.07) is 15.9. The van der Waals surface area contributed by atoms with Gasteiger partial charge in [0.15, 0.2) is 5.96 Å². The van der Waals surface area contributed by atoms with Gasteiger partial charge in [0.05, 0.1) is 6.61 Å². The van der Waals surface area contributed by atoms with Crippen molar-refractivity contribution in [3.8, 4) is 5.75 Å². The quantitative estimate of drug-likeness (QED) is 0.494. The summed E-state index contributed by atoms with van der Waals surface area (Å²) >= 11 is 0. The van der Waals surface area contributed by atoms with Crippen molar-refractivity contribution in [3.63, 3.8) is 0 Å². The first-order valence-electron chi connectivity index (χ1n) is 10.5. The Morgan fingerprint density at radius 2 is 1.93 bits per heavy atom. The molecule has 0 aromatic heterocycles. The summed E-state index contributed by atoms with van der Waals surface area (Å²) in [7, 11) is 5.30. The van der Waals surface area contributed by atoms with E-state index < -0.39 is 0 Å². The molecule has 0 aliphatic heterocycles. The molecule has 6 heteroatoms. The second-order valence-corrected chi connectivity index (χ2v) is 7.86. The molecule has 30 heavy (non-hydrogen) atoms. The van der Waals surface area contributed by atoms with Gasteiger partial charge in [0.25, 0.3) is 5.91 Å². The van der Waals surface area contributed by atoms with E-state index in [1.165, 1.54) is 12.8 Å². The predicted molar refractivity (Wildman–Crippen MR) is 121 cm³/mol. The van der Waals surface area contributed by atoms with E-state index in [0.717, 1.165) is 48.3 Å². The maximum Gasteiger partial charge on any atom is 0.253 e. The summed E-state index contributed by atoms with van der Waals surface area (Å²) in [6.45, 7) is 2.17. The van der Waals surface area contributed by atoms with Gasteiger partial charge in [0, 0.05) is 45.4 Å². The first kappa shape index (κ1) is 21.7. The molecule has 2 aromatic rings. The van der Waals surface area contributed by atoms with Gasteiger partial charge in [0.2, 0.25) is 0 Å². The molecule has 3 rings (SSSR count). The summed E-state index contributed by atoms with van der Waals surface area (Å²) in [6.07, 6.45) is 3.36. The van der Waals surface area contributed by atoms with Crippen molar-refractivity contribution in [1.29, 1.82) is 0 Å². The maximum atomic E-state index is 12.1. The lowest BCUT2D eigenvalue weighted by Crippen LogP contribution is -2.38. The van der Waals surface area contributed by atoms with Gasteiger partial charge in [-0.25, -0.2) is 0 Å². The monoisotopic (exact) mass is 408 g/mol. The number of nitrogens with one attached hydrogen (secondary N) is 2. The number of nitrogens with zero attached hydrogens (tertiary/aromatic N) is 2. The highest BCUT2D eigenvalue weighted by atomic mass is 16.5. The van der Waals surface area contributed by atoms with Crippen molar-refractivity contribution in [2.24, 2.45) is 10.9 Å². The zero-order chi connectivity index (χ0) is 21.3. The van der Waals surface area contributed by atoms with Crippen molar-refractivity contribution in [2.75, 3.05) is 34.3 Å². The summed E-state index contributed by atoms with van der Waals surface area (Å²) in [5.74, 6) is 2.43. The number of rotatable bonds is 9. The second kappa shape index (κ2) is 10.7. The Hall–Kier alpha value is -3.02. The SMILES string of the molecule is CN=C(NCCc1cccc(C(=O)N(C)C)c1)NCc1ccccc1OCC1CC1. The maximum absolute atomic E-state index is 12.1. The summed E-state index contributed by atoms with van der Waals surface area (Å²) < 4.78 is 5.98. The van der Waals surface area contributed by atoms with E-state index in [0.29, 0.717) is 12.1 Å².